The number of aryl methyl sites for hydroxylation is 1. The molecule has 0 aliphatic rings. The third-order valence-corrected chi connectivity index (χ3v) is 2.91. The predicted molar refractivity (Wildman–Crippen MR) is 70.3 cm³/mol. The number of rotatable bonds is 7. The molecule has 0 heterocycles. The molecular formula is C14H23NO2. The molecule has 17 heavy (non-hydrogen) atoms. The second kappa shape index (κ2) is 7.30. The van der Waals surface area contributed by atoms with Crippen molar-refractivity contribution < 1.29 is 9.84 Å². The Morgan fingerprint density at radius 3 is 2.82 bits per heavy atom. The maximum Gasteiger partial charge on any atom is 0.122 e. The maximum atomic E-state index is 9.90. The van der Waals surface area contributed by atoms with Crippen LogP contribution in [0, 0.1) is 6.92 Å². The molecule has 1 atom stereocenters. The van der Waals surface area contributed by atoms with E-state index in [0.717, 1.165) is 24.0 Å². The Morgan fingerprint density at radius 1 is 1.41 bits per heavy atom. The summed E-state index contributed by atoms with van der Waals surface area (Å²) in [6.07, 6.45) is 2.21. The molecule has 96 valence electrons. The van der Waals surface area contributed by atoms with Crippen LogP contribution >= 0.6 is 0 Å². The van der Waals surface area contributed by atoms with E-state index in [1.807, 2.05) is 25.1 Å². The number of para-hydroxylation sites is 1. The minimum atomic E-state index is 0.352. The highest BCUT2D eigenvalue weighted by Crippen LogP contribution is 2.21. The van der Waals surface area contributed by atoms with Crippen molar-refractivity contribution in [3.05, 3.63) is 29.3 Å². The van der Waals surface area contributed by atoms with Gasteiger partial charge in [-0.3, -0.25) is 0 Å². The van der Waals surface area contributed by atoms with Crippen molar-refractivity contribution in [2.45, 2.75) is 39.3 Å². The summed E-state index contributed by atoms with van der Waals surface area (Å²) in [6.45, 7) is 5.47. The first-order chi connectivity index (χ1) is 8.19. The molecule has 0 saturated carbocycles. The summed E-state index contributed by atoms with van der Waals surface area (Å²) in [5.41, 5.74) is 1.87. The molecule has 0 bridgehead atoms. The molecule has 3 nitrogen and oxygen atoms in total. The van der Waals surface area contributed by atoms with Crippen molar-refractivity contribution in [2.24, 2.45) is 0 Å². The van der Waals surface area contributed by atoms with Crippen molar-refractivity contribution in [1.82, 2.24) is 5.32 Å². The molecule has 0 aliphatic carbocycles. The SMILES string of the molecule is CCCC(COC)NCc1cccc(C)c1O. The standard InChI is InChI=1S/C14H23NO2/c1-4-6-13(10-17-3)15-9-12-8-5-7-11(2)14(12)16/h5,7-8,13,15-16H,4,6,9-10H2,1-3H3. The van der Waals surface area contributed by atoms with Gasteiger partial charge in [-0.1, -0.05) is 31.5 Å². The second-order valence-electron chi connectivity index (χ2n) is 4.40. The molecule has 3 heteroatoms. The van der Waals surface area contributed by atoms with Gasteiger partial charge in [0.05, 0.1) is 6.61 Å². The zero-order valence-corrected chi connectivity index (χ0v) is 11.0. The summed E-state index contributed by atoms with van der Waals surface area (Å²) in [4.78, 5) is 0. The van der Waals surface area contributed by atoms with E-state index in [9.17, 15) is 5.11 Å². The number of ether oxygens (including phenoxy) is 1. The molecule has 0 saturated heterocycles. The molecule has 0 aliphatic heterocycles. The van der Waals surface area contributed by atoms with Gasteiger partial charge in [0, 0.05) is 25.3 Å². The van der Waals surface area contributed by atoms with Gasteiger partial charge in [-0.2, -0.15) is 0 Å². The van der Waals surface area contributed by atoms with Crippen molar-refractivity contribution in [3.8, 4) is 5.75 Å². The van der Waals surface area contributed by atoms with Crippen LogP contribution in [0.2, 0.25) is 0 Å². The fourth-order valence-corrected chi connectivity index (χ4v) is 1.91. The van der Waals surface area contributed by atoms with Crippen LogP contribution in [0.1, 0.15) is 30.9 Å². The zero-order chi connectivity index (χ0) is 12.7. The van der Waals surface area contributed by atoms with Crippen LogP contribution in [-0.4, -0.2) is 24.9 Å². The molecule has 0 spiro atoms. The Labute approximate surface area is 104 Å². The van der Waals surface area contributed by atoms with Gasteiger partial charge < -0.3 is 15.2 Å². The number of nitrogens with one attached hydrogen (secondary N) is 1. The quantitative estimate of drug-likeness (QED) is 0.766. The highest BCUT2D eigenvalue weighted by molar-refractivity contribution is 5.39. The van der Waals surface area contributed by atoms with E-state index in [2.05, 4.69) is 12.2 Å². The van der Waals surface area contributed by atoms with Crippen LogP contribution < -0.4 is 5.32 Å². The molecule has 2 N–H and O–H groups in total. The van der Waals surface area contributed by atoms with E-state index in [1.165, 1.54) is 0 Å². The average molecular weight is 237 g/mol. The molecule has 1 aromatic rings. The zero-order valence-electron chi connectivity index (χ0n) is 11.0. The smallest absolute Gasteiger partial charge is 0.122 e. The van der Waals surface area contributed by atoms with E-state index in [0.29, 0.717) is 24.9 Å². The number of methoxy groups -OCH3 is 1. The van der Waals surface area contributed by atoms with Crippen molar-refractivity contribution in [3.63, 3.8) is 0 Å². The first-order valence-electron chi connectivity index (χ1n) is 6.18. The first kappa shape index (κ1) is 14.0. The van der Waals surface area contributed by atoms with Gasteiger partial charge >= 0.3 is 0 Å². The number of benzene rings is 1. The lowest BCUT2D eigenvalue weighted by Crippen LogP contribution is -2.32. The molecule has 1 aromatic carbocycles. The molecule has 1 rings (SSSR count). The van der Waals surface area contributed by atoms with Gasteiger partial charge in [0.15, 0.2) is 0 Å². The number of phenols is 1. The third-order valence-electron chi connectivity index (χ3n) is 2.91. The van der Waals surface area contributed by atoms with Crippen molar-refractivity contribution in [1.29, 1.82) is 0 Å². The lowest BCUT2D eigenvalue weighted by molar-refractivity contribution is 0.161. The van der Waals surface area contributed by atoms with Crippen LogP contribution in [0.5, 0.6) is 5.75 Å². The molecule has 0 aromatic heterocycles. The van der Waals surface area contributed by atoms with Gasteiger partial charge in [-0.05, 0) is 18.9 Å². The molecule has 0 amide bonds. The summed E-state index contributed by atoms with van der Waals surface area (Å²) in [5.74, 6) is 0.396. The maximum absolute atomic E-state index is 9.90. The Kier molecular flexibility index (Phi) is 6.01. The number of phenolic OH excluding ortho intramolecular Hbond substituents is 1. The Balaban J connectivity index is 2.55. The normalized spacial score (nSPS) is 12.6. The molecule has 0 radical (unpaired) electrons. The lowest BCUT2D eigenvalue weighted by Gasteiger charge is -2.17. The largest absolute Gasteiger partial charge is 0.507 e. The first-order valence-corrected chi connectivity index (χ1v) is 6.18. The predicted octanol–water partition coefficient (Wildman–Crippen LogP) is 2.61. The summed E-state index contributed by atoms with van der Waals surface area (Å²) >= 11 is 0. The van der Waals surface area contributed by atoms with E-state index in [4.69, 9.17) is 4.74 Å². The second-order valence-corrected chi connectivity index (χ2v) is 4.40. The highest BCUT2D eigenvalue weighted by atomic mass is 16.5. The van der Waals surface area contributed by atoms with Gasteiger partial charge in [-0.25, -0.2) is 0 Å². The van der Waals surface area contributed by atoms with E-state index in [-0.39, 0.29) is 0 Å². The summed E-state index contributed by atoms with van der Waals surface area (Å²) in [6, 6.07) is 6.18. The van der Waals surface area contributed by atoms with E-state index >= 15 is 0 Å². The van der Waals surface area contributed by atoms with Crippen LogP contribution in [0.15, 0.2) is 18.2 Å². The van der Waals surface area contributed by atoms with E-state index < -0.39 is 0 Å². The van der Waals surface area contributed by atoms with Crippen LogP contribution in [0.25, 0.3) is 0 Å². The van der Waals surface area contributed by atoms with Crippen LogP contribution in [0.4, 0.5) is 0 Å². The topological polar surface area (TPSA) is 41.5 Å². The Hall–Kier alpha value is -1.06. The van der Waals surface area contributed by atoms with Crippen molar-refractivity contribution in [2.75, 3.05) is 13.7 Å². The third kappa shape index (κ3) is 4.36. The minimum Gasteiger partial charge on any atom is -0.507 e. The lowest BCUT2D eigenvalue weighted by atomic mass is 10.1. The Morgan fingerprint density at radius 2 is 2.18 bits per heavy atom. The van der Waals surface area contributed by atoms with Gasteiger partial charge in [0.2, 0.25) is 0 Å². The molecule has 0 fully saturated rings. The van der Waals surface area contributed by atoms with Crippen LogP contribution in [-0.2, 0) is 11.3 Å². The average Bonchev–Trinajstić information content (AvgIpc) is 2.31. The van der Waals surface area contributed by atoms with Gasteiger partial charge in [0.25, 0.3) is 0 Å². The number of aromatic hydroxyl groups is 1. The fourth-order valence-electron chi connectivity index (χ4n) is 1.91. The van der Waals surface area contributed by atoms with Crippen molar-refractivity contribution >= 4 is 0 Å². The summed E-state index contributed by atoms with van der Waals surface area (Å²) < 4.78 is 5.17. The van der Waals surface area contributed by atoms with E-state index in [1.54, 1.807) is 7.11 Å². The highest BCUT2D eigenvalue weighted by Gasteiger charge is 2.09. The Bertz CT molecular complexity index is 333. The molecule has 1 unspecified atom stereocenters. The van der Waals surface area contributed by atoms with Crippen LogP contribution in [0.3, 0.4) is 0 Å². The summed E-state index contributed by atoms with van der Waals surface area (Å²) in [7, 11) is 1.72. The van der Waals surface area contributed by atoms with Gasteiger partial charge in [-0.15, -0.1) is 0 Å². The number of hydrogen-bond donors (Lipinski definition) is 2. The van der Waals surface area contributed by atoms with Gasteiger partial charge in [0.1, 0.15) is 5.75 Å². The fraction of sp³-hybridized carbons (Fsp3) is 0.571. The monoisotopic (exact) mass is 237 g/mol. The summed E-state index contributed by atoms with van der Waals surface area (Å²) in [5, 5.41) is 13.3. The number of hydrogen-bond acceptors (Lipinski definition) is 3. The minimum absolute atomic E-state index is 0.352. The molecular weight excluding hydrogens is 214 g/mol.